The lowest BCUT2D eigenvalue weighted by Crippen LogP contribution is -2.24. The normalized spacial score (nSPS) is 13.1. The Morgan fingerprint density at radius 3 is 2.67 bits per heavy atom. The molecular weight excluding hydrogens is 122 g/mol. The van der Waals surface area contributed by atoms with Gasteiger partial charge in [-0.2, -0.15) is 0 Å². The lowest BCUT2D eigenvalue weighted by molar-refractivity contribution is -0.146. The van der Waals surface area contributed by atoms with Crippen LogP contribution < -0.4 is 5.32 Å². The number of aliphatic hydroxyl groups is 1. The molecule has 0 amide bonds. The van der Waals surface area contributed by atoms with Crippen molar-refractivity contribution in [1.82, 2.24) is 5.32 Å². The molecule has 0 aliphatic heterocycles. The zero-order valence-corrected chi connectivity index (χ0v) is 5.29. The summed E-state index contributed by atoms with van der Waals surface area (Å²) >= 11 is 0. The third-order valence-electron chi connectivity index (χ3n) is 0.953. The Hall–Kier alpha value is -0.610. The Bertz CT molecular complexity index is 94.2. The molecule has 0 saturated heterocycles. The van der Waals surface area contributed by atoms with E-state index in [0.717, 1.165) is 0 Å². The van der Waals surface area contributed by atoms with Gasteiger partial charge in [0.15, 0.2) is 6.10 Å². The molecule has 1 atom stereocenters. The standard InChI is InChI=1S/C5H11NO3/c1-6-3-2-4(7)5(8)9/h4,6-7H,2-3H2,1H3,(H,8,9)/t4-/m1/s1. The molecule has 54 valence electrons. The van der Waals surface area contributed by atoms with Gasteiger partial charge in [-0.25, -0.2) is 4.79 Å². The number of carbonyl (C=O) groups is 1. The van der Waals surface area contributed by atoms with Crippen LogP contribution in [0.4, 0.5) is 0 Å². The third-order valence-corrected chi connectivity index (χ3v) is 0.953. The van der Waals surface area contributed by atoms with Gasteiger partial charge in [-0.05, 0) is 20.0 Å². The SMILES string of the molecule is CNCC[C@@H](O)C(=O)O. The fourth-order valence-electron chi connectivity index (χ4n) is 0.405. The zero-order valence-electron chi connectivity index (χ0n) is 5.29. The van der Waals surface area contributed by atoms with Crippen LogP contribution in [-0.2, 0) is 4.79 Å². The van der Waals surface area contributed by atoms with Gasteiger partial charge in [-0.1, -0.05) is 0 Å². The van der Waals surface area contributed by atoms with Gasteiger partial charge in [0.25, 0.3) is 0 Å². The minimum absolute atomic E-state index is 0.256. The Balaban J connectivity index is 3.27. The maximum Gasteiger partial charge on any atom is 0.332 e. The molecule has 0 spiro atoms. The van der Waals surface area contributed by atoms with Crippen molar-refractivity contribution in [1.29, 1.82) is 0 Å². The number of nitrogens with one attached hydrogen (secondary N) is 1. The van der Waals surface area contributed by atoms with Gasteiger partial charge in [0.05, 0.1) is 0 Å². The Labute approximate surface area is 53.5 Å². The first-order valence-electron chi connectivity index (χ1n) is 2.74. The van der Waals surface area contributed by atoms with E-state index in [1.807, 2.05) is 0 Å². The smallest absolute Gasteiger partial charge is 0.332 e. The molecular formula is C5H11NO3. The summed E-state index contributed by atoms with van der Waals surface area (Å²) < 4.78 is 0. The first-order valence-corrected chi connectivity index (χ1v) is 2.74. The van der Waals surface area contributed by atoms with Crippen LogP contribution in [0, 0.1) is 0 Å². The maximum absolute atomic E-state index is 9.93. The number of aliphatic carboxylic acids is 1. The average molecular weight is 133 g/mol. The number of hydrogen-bond donors (Lipinski definition) is 3. The van der Waals surface area contributed by atoms with Crippen molar-refractivity contribution in [3.8, 4) is 0 Å². The van der Waals surface area contributed by atoms with Crippen LogP contribution in [0.1, 0.15) is 6.42 Å². The van der Waals surface area contributed by atoms with E-state index in [1.54, 1.807) is 7.05 Å². The summed E-state index contributed by atoms with van der Waals surface area (Å²) in [6.45, 7) is 0.521. The van der Waals surface area contributed by atoms with Crippen LogP contribution in [0.3, 0.4) is 0 Å². The van der Waals surface area contributed by atoms with Crippen LogP contribution in [0.25, 0.3) is 0 Å². The molecule has 9 heavy (non-hydrogen) atoms. The quantitative estimate of drug-likeness (QED) is 0.462. The average Bonchev–Trinajstić information content (AvgIpc) is 1.82. The third kappa shape index (κ3) is 3.93. The first kappa shape index (κ1) is 8.39. The lowest BCUT2D eigenvalue weighted by Gasteiger charge is -2.02. The number of carboxylic acids is 1. The van der Waals surface area contributed by atoms with Crippen molar-refractivity contribution in [3.63, 3.8) is 0 Å². The van der Waals surface area contributed by atoms with Crippen LogP contribution >= 0.6 is 0 Å². The summed E-state index contributed by atoms with van der Waals surface area (Å²) in [6.07, 6.45) is -0.969. The molecule has 0 saturated carbocycles. The Morgan fingerprint density at radius 1 is 1.78 bits per heavy atom. The second-order valence-electron chi connectivity index (χ2n) is 1.75. The Kier molecular flexibility index (Phi) is 4.00. The summed E-state index contributed by atoms with van der Waals surface area (Å²) in [4.78, 5) is 9.93. The number of rotatable bonds is 4. The summed E-state index contributed by atoms with van der Waals surface area (Å²) in [5, 5.41) is 19.5. The predicted octanol–water partition coefficient (Wildman–Crippen LogP) is -0.959. The van der Waals surface area contributed by atoms with Crippen molar-refractivity contribution in [2.45, 2.75) is 12.5 Å². The monoisotopic (exact) mass is 133 g/mol. The second kappa shape index (κ2) is 4.29. The molecule has 0 bridgehead atoms. The van der Waals surface area contributed by atoms with Crippen molar-refractivity contribution in [2.75, 3.05) is 13.6 Å². The number of aliphatic hydroxyl groups excluding tert-OH is 1. The molecule has 0 rings (SSSR count). The molecule has 0 aromatic carbocycles. The van der Waals surface area contributed by atoms with Crippen LogP contribution in [-0.4, -0.2) is 35.9 Å². The fourth-order valence-corrected chi connectivity index (χ4v) is 0.405. The van der Waals surface area contributed by atoms with E-state index in [2.05, 4.69) is 5.32 Å². The molecule has 0 radical (unpaired) electrons. The lowest BCUT2D eigenvalue weighted by atomic mass is 10.2. The minimum atomic E-state index is -1.22. The summed E-state index contributed by atoms with van der Waals surface area (Å²) in [5.41, 5.74) is 0. The van der Waals surface area contributed by atoms with Crippen LogP contribution in [0.5, 0.6) is 0 Å². The van der Waals surface area contributed by atoms with Gasteiger partial charge in [0.1, 0.15) is 0 Å². The van der Waals surface area contributed by atoms with Gasteiger partial charge in [-0.15, -0.1) is 0 Å². The molecule has 0 fully saturated rings. The molecule has 4 nitrogen and oxygen atoms in total. The van der Waals surface area contributed by atoms with Crippen molar-refractivity contribution < 1.29 is 15.0 Å². The highest BCUT2D eigenvalue weighted by Gasteiger charge is 2.10. The van der Waals surface area contributed by atoms with Crippen LogP contribution in [0.15, 0.2) is 0 Å². The second-order valence-corrected chi connectivity index (χ2v) is 1.75. The summed E-state index contributed by atoms with van der Waals surface area (Å²) in [6, 6.07) is 0. The van der Waals surface area contributed by atoms with E-state index in [-0.39, 0.29) is 6.42 Å². The van der Waals surface area contributed by atoms with Gasteiger partial charge in [-0.3, -0.25) is 0 Å². The van der Waals surface area contributed by atoms with E-state index in [9.17, 15) is 4.79 Å². The summed E-state index contributed by atoms with van der Waals surface area (Å²) in [5.74, 6) is -1.16. The molecule has 0 aromatic heterocycles. The zero-order chi connectivity index (χ0) is 7.28. The van der Waals surface area contributed by atoms with Gasteiger partial charge >= 0.3 is 5.97 Å². The summed E-state index contributed by atoms with van der Waals surface area (Å²) in [7, 11) is 1.70. The highest BCUT2D eigenvalue weighted by atomic mass is 16.4. The van der Waals surface area contributed by atoms with Gasteiger partial charge in [0, 0.05) is 0 Å². The molecule has 0 unspecified atom stereocenters. The largest absolute Gasteiger partial charge is 0.479 e. The van der Waals surface area contributed by atoms with Gasteiger partial charge in [0.2, 0.25) is 0 Å². The highest BCUT2D eigenvalue weighted by molar-refractivity contribution is 5.71. The maximum atomic E-state index is 9.93. The molecule has 4 heteroatoms. The number of carboxylic acid groups (broad SMARTS) is 1. The van der Waals surface area contributed by atoms with Gasteiger partial charge < -0.3 is 15.5 Å². The van der Waals surface area contributed by atoms with Crippen molar-refractivity contribution >= 4 is 5.97 Å². The van der Waals surface area contributed by atoms with Crippen LogP contribution in [0.2, 0.25) is 0 Å². The molecule has 3 N–H and O–H groups in total. The Morgan fingerprint density at radius 2 is 2.33 bits per heavy atom. The van der Waals surface area contributed by atoms with E-state index >= 15 is 0 Å². The van der Waals surface area contributed by atoms with E-state index in [1.165, 1.54) is 0 Å². The predicted molar refractivity (Wildman–Crippen MR) is 32.2 cm³/mol. The molecule has 0 aliphatic rings. The molecule has 0 aliphatic carbocycles. The fraction of sp³-hybridized carbons (Fsp3) is 0.800. The van der Waals surface area contributed by atoms with Crippen molar-refractivity contribution in [2.24, 2.45) is 0 Å². The molecule has 0 heterocycles. The topological polar surface area (TPSA) is 69.6 Å². The molecule has 0 aromatic rings. The van der Waals surface area contributed by atoms with E-state index < -0.39 is 12.1 Å². The first-order chi connectivity index (χ1) is 4.18. The van der Waals surface area contributed by atoms with E-state index in [0.29, 0.717) is 6.54 Å². The highest BCUT2D eigenvalue weighted by Crippen LogP contribution is 1.87. The number of hydrogen-bond acceptors (Lipinski definition) is 3. The van der Waals surface area contributed by atoms with E-state index in [4.69, 9.17) is 10.2 Å². The minimum Gasteiger partial charge on any atom is -0.479 e. The van der Waals surface area contributed by atoms with Crippen molar-refractivity contribution in [3.05, 3.63) is 0 Å².